The second kappa shape index (κ2) is 13.1. The zero-order valence-electron chi connectivity index (χ0n) is 22.3. The van der Waals surface area contributed by atoms with Gasteiger partial charge < -0.3 is 24.4 Å². The minimum absolute atomic E-state index is 0.0888. The Hall–Kier alpha value is -3.58. The Balaban J connectivity index is 2.05. The lowest BCUT2D eigenvalue weighted by atomic mass is 9.94. The van der Waals surface area contributed by atoms with Gasteiger partial charge in [0, 0.05) is 18.7 Å². The molecule has 0 saturated carbocycles. The molecule has 37 heavy (non-hydrogen) atoms. The van der Waals surface area contributed by atoms with E-state index in [0.29, 0.717) is 37.6 Å². The number of amides is 1. The SMILES string of the molecule is C=CCOc1ccc(C2/C(=C(\O)c3ccc(OCCC)c(C)c3)C(=O)C(=O)N2CCN(CC)CC)cc1. The molecule has 2 aromatic carbocycles. The highest BCUT2D eigenvalue weighted by molar-refractivity contribution is 6.46. The van der Waals surface area contributed by atoms with Crippen LogP contribution in [0.5, 0.6) is 11.5 Å². The number of aliphatic hydroxyl groups is 1. The molecule has 1 saturated heterocycles. The van der Waals surface area contributed by atoms with Gasteiger partial charge in [0.1, 0.15) is 23.9 Å². The molecule has 1 aliphatic heterocycles. The molecule has 3 rings (SSSR count). The number of benzene rings is 2. The number of carbonyl (C=O) groups is 2. The van der Waals surface area contributed by atoms with Gasteiger partial charge in [0.15, 0.2) is 0 Å². The molecule has 1 fully saturated rings. The van der Waals surface area contributed by atoms with Gasteiger partial charge in [0.2, 0.25) is 0 Å². The lowest BCUT2D eigenvalue weighted by Crippen LogP contribution is -2.38. The maximum absolute atomic E-state index is 13.3. The monoisotopic (exact) mass is 506 g/mol. The van der Waals surface area contributed by atoms with E-state index in [1.807, 2.05) is 26.0 Å². The minimum Gasteiger partial charge on any atom is -0.507 e. The molecule has 7 heteroatoms. The second-order valence-corrected chi connectivity index (χ2v) is 9.02. The highest BCUT2D eigenvalue weighted by atomic mass is 16.5. The van der Waals surface area contributed by atoms with Gasteiger partial charge in [-0.3, -0.25) is 9.59 Å². The van der Waals surface area contributed by atoms with Crippen molar-refractivity contribution in [3.8, 4) is 11.5 Å². The van der Waals surface area contributed by atoms with Crippen LogP contribution >= 0.6 is 0 Å². The number of hydrogen-bond acceptors (Lipinski definition) is 6. The van der Waals surface area contributed by atoms with Crippen molar-refractivity contribution in [2.75, 3.05) is 39.4 Å². The van der Waals surface area contributed by atoms with Crippen LogP contribution in [-0.4, -0.2) is 66.0 Å². The highest BCUT2D eigenvalue weighted by Crippen LogP contribution is 2.40. The Morgan fingerprint density at radius 2 is 1.78 bits per heavy atom. The summed E-state index contributed by atoms with van der Waals surface area (Å²) in [6, 6.07) is 11.9. The zero-order valence-corrected chi connectivity index (χ0v) is 22.3. The summed E-state index contributed by atoms with van der Waals surface area (Å²) >= 11 is 0. The van der Waals surface area contributed by atoms with E-state index in [2.05, 4.69) is 25.3 Å². The quantitative estimate of drug-likeness (QED) is 0.176. The average Bonchev–Trinajstić information content (AvgIpc) is 3.16. The van der Waals surface area contributed by atoms with Crippen LogP contribution in [0.25, 0.3) is 5.76 Å². The molecular weight excluding hydrogens is 468 g/mol. The van der Waals surface area contributed by atoms with Crippen molar-refractivity contribution in [1.82, 2.24) is 9.80 Å². The molecule has 2 aromatic rings. The fourth-order valence-corrected chi connectivity index (χ4v) is 4.47. The molecule has 0 aliphatic carbocycles. The van der Waals surface area contributed by atoms with Crippen LogP contribution in [0.15, 0.2) is 60.7 Å². The first kappa shape index (κ1) is 28.0. The summed E-state index contributed by atoms with van der Waals surface area (Å²) in [7, 11) is 0. The third-order valence-corrected chi connectivity index (χ3v) is 6.57. The van der Waals surface area contributed by atoms with E-state index < -0.39 is 17.7 Å². The fraction of sp³-hybridized carbons (Fsp3) is 0.400. The number of ether oxygens (including phenoxy) is 2. The largest absolute Gasteiger partial charge is 0.507 e. The summed E-state index contributed by atoms with van der Waals surface area (Å²) in [5.41, 5.74) is 2.13. The van der Waals surface area contributed by atoms with Crippen LogP contribution < -0.4 is 9.47 Å². The number of nitrogens with zero attached hydrogens (tertiary/aromatic N) is 2. The van der Waals surface area contributed by atoms with Crippen molar-refractivity contribution in [2.45, 2.75) is 40.2 Å². The van der Waals surface area contributed by atoms with Crippen molar-refractivity contribution >= 4 is 17.4 Å². The van der Waals surface area contributed by atoms with Gasteiger partial charge in [-0.2, -0.15) is 0 Å². The number of likely N-dealkylation sites (N-methyl/N-ethyl adjacent to an activating group) is 1. The van der Waals surface area contributed by atoms with Gasteiger partial charge in [0.05, 0.1) is 18.2 Å². The topological polar surface area (TPSA) is 79.3 Å². The molecule has 1 aliphatic rings. The van der Waals surface area contributed by atoms with Crippen molar-refractivity contribution in [1.29, 1.82) is 0 Å². The first-order chi connectivity index (χ1) is 17.9. The summed E-state index contributed by atoms with van der Waals surface area (Å²) in [6.07, 6.45) is 2.55. The Morgan fingerprint density at radius 3 is 2.38 bits per heavy atom. The third kappa shape index (κ3) is 6.41. The third-order valence-electron chi connectivity index (χ3n) is 6.57. The molecule has 1 amide bonds. The summed E-state index contributed by atoms with van der Waals surface area (Å²) in [4.78, 5) is 30.3. The maximum Gasteiger partial charge on any atom is 0.295 e. The van der Waals surface area contributed by atoms with Crippen molar-refractivity contribution in [3.63, 3.8) is 0 Å². The molecule has 0 radical (unpaired) electrons. The zero-order chi connectivity index (χ0) is 26.9. The summed E-state index contributed by atoms with van der Waals surface area (Å²) < 4.78 is 11.4. The Morgan fingerprint density at radius 1 is 1.08 bits per heavy atom. The van der Waals surface area contributed by atoms with Gasteiger partial charge in [0.25, 0.3) is 11.7 Å². The van der Waals surface area contributed by atoms with E-state index in [0.717, 1.165) is 36.4 Å². The molecule has 0 bridgehead atoms. The number of likely N-dealkylation sites (tertiary alicyclic amines) is 1. The number of rotatable bonds is 13. The molecule has 1 unspecified atom stereocenters. The normalized spacial score (nSPS) is 16.9. The fourth-order valence-electron chi connectivity index (χ4n) is 4.47. The average molecular weight is 507 g/mol. The van der Waals surface area contributed by atoms with Crippen LogP contribution in [0, 0.1) is 6.92 Å². The van der Waals surface area contributed by atoms with Gasteiger partial charge >= 0.3 is 0 Å². The number of aliphatic hydroxyl groups excluding tert-OH is 1. The number of Topliss-reactive ketones (excluding diaryl/α,β-unsaturated/α-hetero) is 1. The first-order valence-corrected chi connectivity index (χ1v) is 12.9. The Bertz CT molecular complexity index is 1140. The van der Waals surface area contributed by atoms with E-state index in [1.165, 1.54) is 0 Å². The van der Waals surface area contributed by atoms with Crippen LogP contribution in [0.4, 0.5) is 0 Å². The van der Waals surface area contributed by atoms with Crippen molar-refractivity contribution in [2.24, 2.45) is 0 Å². The van der Waals surface area contributed by atoms with E-state index in [4.69, 9.17) is 9.47 Å². The van der Waals surface area contributed by atoms with Crippen LogP contribution in [0.2, 0.25) is 0 Å². The summed E-state index contributed by atoms with van der Waals surface area (Å²) in [5, 5.41) is 11.4. The summed E-state index contributed by atoms with van der Waals surface area (Å²) in [5.74, 6) is -0.0964. The maximum atomic E-state index is 13.3. The number of carbonyl (C=O) groups excluding carboxylic acids is 2. The molecule has 198 valence electrons. The first-order valence-electron chi connectivity index (χ1n) is 12.9. The van der Waals surface area contributed by atoms with Gasteiger partial charge in [-0.25, -0.2) is 0 Å². The van der Waals surface area contributed by atoms with Gasteiger partial charge in [-0.1, -0.05) is 45.6 Å². The van der Waals surface area contributed by atoms with Crippen LogP contribution in [-0.2, 0) is 9.59 Å². The summed E-state index contributed by atoms with van der Waals surface area (Å²) in [6.45, 7) is 15.4. The van der Waals surface area contributed by atoms with Crippen molar-refractivity contribution < 1.29 is 24.2 Å². The molecule has 0 spiro atoms. The Kier molecular flexibility index (Phi) is 9.92. The van der Waals surface area contributed by atoms with Crippen molar-refractivity contribution in [3.05, 3.63) is 77.4 Å². The second-order valence-electron chi connectivity index (χ2n) is 9.02. The van der Waals surface area contributed by atoms with E-state index >= 15 is 0 Å². The van der Waals surface area contributed by atoms with Gasteiger partial charge in [-0.15, -0.1) is 0 Å². The highest BCUT2D eigenvalue weighted by Gasteiger charge is 2.46. The molecule has 1 atom stereocenters. The lowest BCUT2D eigenvalue weighted by molar-refractivity contribution is -0.140. The Labute approximate surface area is 220 Å². The lowest BCUT2D eigenvalue weighted by Gasteiger charge is -2.28. The minimum atomic E-state index is -0.708. The van der Waals surface area contributed by atoms with E-state index in [1.54, 1.807) is 41.3 Å². The predicted molar refractivity (Wildman–Crippen MR) is 146 cm³/mol. The molecular formula is C30H38N2O5. The van der Waals surface area contributed by atoms with E-state index in [-0.39, 0.29) is 11.3 Å². The predicted octanol–water partition coefficient (Wildman–Crippen LogP) is 5.11. The number of aryl methyl sites for hydroxylation is 1. The van der Waals surface area contributed by atoms with Crippen LogP contribution in [0.1, 0.15) is 49.9 Å². The molecule has 0 aromatic heterocycles. The molecule has 1 N–H and O–H groups in total. The van der Waals surface area contributed by atoms with Crippen LogP contribution in [0.3, 0.4) is 0 Å². The number of hydrogen-bond donors (Lipinski definition) is 1. The van der Waals surface area contributed by atoms with E-state index in [9.17, 15) is 14.7 Å². The number of ketones is 1. The molecule has 7 nitrogen and oxygen atoms in total. The standard InChI is InChI=1S/C30H38N2O5/c1-6-18-36-24-13-10-22(11-14-24)27-26(29(34)30(35)32(27)17-16-31(8-3)9-4)28(33)23-12-15-25(21(5)20-23)37-19-7-2/h6,10-15,20,27,33H,1,7-9,16-19H2,2-5H3/b28-26+. The molecule has 1 heterocycles. The smallest absolute Gasteiger partial charge is 0.295 e. The van der Waals surface area contributed by atoms with Gasteiger partial charge in [-0.05, 0) is 67.9 Å².